The van der Waals surface area contributed by atoms with E-state index in [1.54, 1.807) is 0 Å². The molecule has 1 fully saturated rings. The van der Waals surface area contributed by atoms with Gasteiger partial charge in [0.05, 0.1) is 39.8 Å². The number of ether oxygens (including phenoxy) is 1. The van der Waals surface area contributed by atoms with Crippen LogP contribution in [-0.2, 0) is 29.1 Å². The lowest BCUT2D eigenvalue weighted by molar-refractivity contribution is -0.00238. The summed E-state index contributed by atoms with van der Waals surface area (Å²) in [7, 11) is -0.0528. The molecule has 0 saturated carbocycles. The molecule has 0 N–H and O–H groups in total. The van der Waals surface area contributed by atoms with E-state index in [4.69, 9.17) is 19.1 Å². The van der Waals surface area contributed by atoms with Crippen LogP contribution in [0.25, 0.3) is 11.0 Å². The van der Waals surface area contributed by atoms with Crippen LogP contribution in [0.3, 0.4) is 0 Å². The van der Waals surface area contributed by atoms with E-state index in [1.165, 1.54) is 16.1 Å². The number of aryl methyl sites for hydroxylation is 3. The van der Waals surface area contributed by atoms with E-state index in [2.05, 4.69) is 94.9 Å². The van der Waals surface area contributed by atoms with Gasteiger partial charge in [0.2, 0.25) is 0 Å². The summed E-state index contributed by atoms with van der Waals surface area (Å²) >= 11 is 1.82. The molecule has 6 rings (SSSR count). The zero-order chi connectivity index (χ0) is 33.9. The van der Waals surface area contributed by atoms with Crippen molar-refractivity contribution in [1.82, 2.24) is 19.4 Å². The third-order valence-electron chi connectivity index (χ3n) is 10.4. The van der Waals surface area contributed by atoms with E-state index in [0.29, 0.717) is 0 Å². The highest BCUT2D eigenvalue weighted by Crippen LogP contribution is 2.45. The van der Waals surface area contributed by atoms with Gasteiger partial charge in [0.25, 0.3) is 0 Å². The van der Waals surface area contributed by atoms with Crippen molar-refractivity contribution in [2.45, 2.75) is 128 Å². The number of benzene rings is 2. The van der Waals surface area contributed by atoms with E-state index in [9.17, 15) is 4.79 Å². The van der Waals surface area contributed by atoms with Crippen LogP contribution in [-0.4, -0.2) is 51.5 Å². The SMILES string of the molecule is Cc1nc2c(s1)CC[C@@H]2c1nc2ccc(CC3CC[C@H]([C@H](O[Si](C)(C)C(C)(C)C)c4ccccc4)N3C(=O)OC(C)(C)C)cc2n1C. The number of rotatable bonds is 7. The molecule has 1 amide bonds. The molecule has 1 unspecified atom stereocenters. The number of imidazole rings is 1. The molecular weight excluding hydrogens is 621 g/mol. The van der Waals surface area contributed by atoms with Gasteiger partial charge in [0.15, 0.2) is 8.32 Å². The molecule has 1 aliphatic heterocycles. The largest absolute Gasteiger partial charge is 0.444 e. The van der Waals surface area contributed by atoms with Gasteiger partial charge < -0.3 is 13.7 Å². The van der Waals surface area contributed by atoms with E-state index in [0.717, 1.165) is 59.5 Å². The molecule has 0 radical (unpaired) electrons. The van der Waals surface area contributed by atoms with Crippen LogP contribution in [0, 0.1) is 6.92 Å². The van der Waals surface area contributed by atoms with Gasteiger partial charge in [0, 0.05) is 18.0 Å². The average Bonchev–Trinajstić information content (AvgIpc) is 3.74. The molecule has 1 aliphatic carbocycles. The third-order valence-corrected chi connectivity index (χ3v) is 15.9. The number of carbonyl (C=O) groups is 1. The average molecular weight is 673 g/mol. The molecule has 0 spiro atoms. The molecule has 1 saturated heterocycles. The first-order valence-corrected chi connectivity index (χ1v) is 20.9. The van der Waals surface area contributed by atoms with Gasteiger partial charge in [0.1, 0.15) is 11.4 Å². The topological polar surface area (TPSA) is 69.5 Å². The Kier molecular flexibility index (Phi) is 8.98. The van der Waals surface area contributed by atoms with Crippen LogP contribution in [0.5, 0.6) is 0 Å². The van der Waals surface area contributed by atoms with Crippen molar-refractivity contribution >= 4 is 36.8 Å². The predicted molar refractivity (Wildman–Crippen MR) is 194 cm³/mol. The van der Waals surface area contributed by atoms with E-state index >= 15 is 0 Å². The van der Waals surface area contributed by atoms with Gasteiger partial charge in [-0.25, -0.2) is 14.8 Å². The van der Waals surface area contributed by atoms with Crippen LogP contribution in [0.15, 0.2) is 48.5 Å². The maximum atomic E-state index is 14.1. The zero-order valence-corrected chi connectivity index (χ0v) is 31.7. The van der Waals surface area contributed by atoms with E-state index in [-0.39, 0.29) is 35.2 Å². The molecule has 9 heteroatoms. The molecule has 252 valence electrons. The Labute approximate surface area is 285 Å². The monoisotopic (exact) mass is 672 g/mol. The first-order chi connectivity index (χ1) is 22.0. The minimum atomic E-state index is -2.18. The van der Waals surface area contributed by atoms with Crippen molar-refractivity contribution in [3.05, 3.63) is 81.1 Å². The van der Waals surface area contributed by atoms with Gasteiger partial charge in [-0.2, -0.15) is 0 Å². The van der Waals surface area contributed by atoms with Crippen molar-refractivity contribution < 1.29 is 14.0 Å². The van der Waals surface area contributed by atoms with Crippen molar-refractivity contribution in [2.75, 3.05) is 0 Å². The van der Waals surface area contributed by atoms with Gasteiger partial charge in [-0.05, 0) is 101 Å². The summed E-state index contributed by atoms with van der Waals surface area (Å²) in [5.41, 5.74) is 5.06. The molecule has 4 atom stereocenters. The molecule has 0 bridgehead atoms. The fourth-order valence-electron chi connectivity index (χ4n) is 7.08. The second-order valence-electron chi connectivity index (χ2n) is 16.1. The van der Waals surface area contributed by atoms with Crippen molar-refractivity contribution in [1.29, 1.82) is 0 Å². The lowest BCUT2D eigenvalue weighted by atomic mass is 10.0. The fraction of sp³-hybridized carbons (Fsp3) is 0.553. The summed E-state index contributed by atoms with van der Waals surface area (Å²) in [6.07, 6.45) is 4.13. The summed E-state index contributed by atoms with van der Waals surface area (Å²) in [5, 5.41) is 1.17. The number of carbonyl (C=O) groups excluding carboxylic acids is 1. The Morgan fingerprint density at radius 2 is 1.74 bits per heavy atom. The zero-order valence-electron chi connectivity index (χ0n) is 29.9. The molecule has 4 aromatic rings. The summed E-state index contributed by atoms with van der Waals surface area (Å²) in [5.74, 6) is 1.33. The summed E-state index contributed by atoms with van der Waals surface area (Å²) in [6.45, 7) is 19.3. The van der Waals surface area contributed by atoms with Crippen molar-refractivity contribution in [3.8, 4) is 0 Å². The Hall–Kier alpha value is -3.01. The van der Waals surface area contributed by atoms with Crippen LogP contribution in [0.4, 0.5) is 4.79 Å². The summed E-state index contributed by atoms with van der Waals surface area (Å²) in [6, 6.07) is 16.9. The lowest BCUT2D eigenvalue weighted by Crippen LogP contribution is -2.50. The molecule has 2 aromatic carbocycles. The Balaban J connectivity index is 1.32. The second kappa shape index (κ2) is 12.5. The van der Waals surface area contributed by atoms with Crippen LogP contribution in [0.2, 0.25) is 18.1 Å². The summed E-state index contributed by atoms with van der Waals surface area (Å²) < 4.78 is 15.6. The maximum absolute atomic E-state index is 14.1. The van der Waals surface area contributed by atoms with Crippen molar-refractivity contribution in [3.63, 3.8) is 0 Å². The highest BCUT2D eigenvalue weighted by Gasteiger charge is 2.47. The fourth-order valence-corrected chi connectivity index (χ4v) is 9.37. The normalized spacial score (nSPS) is 21.0. The lowest BCUT2D eigenvalue weighted by Gasteiger charge is -2.43. The van der Waals surface area contributed by atoms with Crippen LogP contribution < -0.4 is 0 Å². The summed E-state index contributed by atoms with van der Waals surface area (Å²) in [4.78, 5) is 27.6. The maximum Gasteiger partial charge on any atom is 0.410 e. The Morgan fingerprint density at radius 1 is 1.02 bits per heavy atom. The van der Waals surface area contributed by atoms with Crippen LogP contribution >= 0.6 is 11.3 Å². The van der Waals surface area contributed by atoms with Gasteiger partial charge in [-0.3, -0.25) is 4.90 Å². The van der Waals surface area contributed by atoms with Gasteiger partial charge in [-0.1, -0.05) is 57.2 Å². The van der Waals surface area contributed by atoms with E-state index in [1.807, 2.05) is 43.1 Å². The van der Waals surface area contributed by atoms with Gasteiger partial charge in [-0.15, -0.1) is 11.3 Å². The number of aromatic nitrogens is 3. The highest BCUT2D eigenvalue weighted by atomic mass is 32.1. The molecule has 47 heavy (non-hydrogen) atoms. The Bertz CT molecular complexity index is 1750. The molecule has 2 aliphatic rings. The number of amides is 1. The highest BCUT2D eigenvalue weighted by molar-refractivity contribution is 7.11. The number of thiazole rings is 1. The first kappa shape index (κ1) is 33.9. The molecule has 3 heterocycles. The molecule has 2 aromatic heterocycles. The smallest absolute Gasteiger partial charge is 0.410 e. The predicted octanol–water partition coefficient (Wildman–Crippen LogP) is 9.49. The minimum Gasteiger partial charge on any atom is -0.444 e. The first-order valence-electron chi connectivity index (χ1n) is 17.2. The number of likely N-dealkylation sites (tertiary alicyclic amines) is 1. The number of nitrogens with zero attached hydrogens (tertiary/aromatic N) is 4. The number of hydrogen-bond donors (Lipinski definition) is 0. The standard InChI is InChI=1S/C38H52N4O3SSi/c1-24-39-33-28(18-21-32(33)46-24)35-40-29-19-16-25(23-31(29)41(35)8)22-27-17-20-30(42(27)36(43)44-37(2,3)4)34(26-14-12-11-13-15-26)45-47(9,10)38(5,6)7/h11-16,19,23,27-28,30,34H,17-18,20-22H2,1-10H3/t27?,28-,30+,34+/m0/s1. The van der Waals surface area contributed by atoms with Crippen LogP contribution in [0.1, 0.15) is 105 Å². The Morgan fingerprint density at radius 3 is 2.43 bits per heavy atom. The van der Waals surface area contributed by atoms with E-state index < -0.39 is 13.9 Å². The van der Waals surface area contributed by atoms with Gasteiger partial charge >= 0.3 is 6.09 Å². The quantitative estimate of drug-likeness (QED) is 0.183. The number of hydrogen-bond acceptors (Lipinski definition) is 6. The third kappa shape index (κ3) is 6.81. The molecular formula is C38H52N4O3SSi. The number of fused-ring (bicyclic) bond motifs is 2. The van der Waals surface area contributed by atoms with Crippen molar-refractivity contribution in [2.24, 2.45) is 7.05 Å². The minimum absolute atomic E-state index is 0.00963. The molecule has 7 nitrogen and oxygen atoms in total. The second-order valence-corrected chi connectivity index (χ2v) is 22.1.